The first-order valence-electron chi connectivity index (χ1n) is 7.55. The number of hydrogen-bond acceptors (Lipinski definition) is 3. The molecule has 1 aromatic carbocycles. The molecule has 1 aliphatic carbocycles. The number of aromatic nitrogens is 1. The number of amides is 1. The van der Waals surface area contributed by atoms with Gasteiger partial charge in [-0.1, -0.05) is 37.3 Å². The monoisotopic (exact) mass is 296 g/mol. The van der Waals surface area contributed by atoms with E-state index in [4.69, 9.17) is 4.74 Å². The lowest BCUT2D eigenvalue weighted by molar-refractivity contribution is 0.0927. The van der Waals surface area contributed by atoms with Gasteiger partial charge in [-0.05, 0) is 36.0 Å². The molecule has 114 valence electrons. The zero-order chi connectivity index (χ0) is 15.5. The Morgan fingerprint density at radius 1 is 1.27 bits per heavy atom. The van der Waals surface area contributed by atoms with Crippen molar-refractivity contribution in [3.05, 3.63) is 59.8 Å². The molecule has 2 aromatic rings. The molecule has 3 rings (SSSR count). The van der Waals surface area contributed by atoms with Gasteiger partial charge < -0.3 is 10.1 Å². The van der Waals surface area contributed by atoms with Crippen LogP contribution in [0.25, 0.3) is 0 Å². The van der Waals surface area contributed by atoms with Gasteiger partial charge in [0, 0.05) is 6.20 Å². The van der Waals surface area contributed by atoms with E-state index >= 15 is 0 Å². The molecular formula is C18H20N2O2. The number of benzene rings is 1. The summed E-state index contributed by atoms with van der Waals surface area (Å²) in [5.41, 5.74) is 1.62. The fourth-order valence-corrected chi connectivity index (χ4v) is 2.86. The highest BCUT2D eigenvalue weighted by Crippen LogP contribution is 2.47. The maximum atomic E-state index is 12.6. The number of rotatable bonds is 5. The van der Waals surface area contributed by atoms with Crippen molar-refractivity contribution in [3.63, 3.8) is 0 Å². The Bertz CT molecular complexity index is 657. The van der Waals surface area contributed by atoms with E-state index in [-0.39, 0.29) is 11.9 Å². The van der Waals surface area contributed by atoms with Crippen molar-refractivity contribution in [2.24, 2.45) is 11.8 Å². The third kappa shape index (κ3) is 2.96. The largest absolute Gasteiger partial charge is 0.480 e. The minimum absolute atomic E-state index is 0.0358. The molecule has 4 heteroatoms. The van der Waals surface area contributed by atoms with Gasteiger partial charge in [0.05, 0.1) is 13.2 Å². The Balaban J connectivity index is 1.83. The normalized spacial score (nSPS) is 21.0. The molecule has 0 spiro atoms. The summed E-state index contributed by atoms with van der Waals surface area (Å²) in [6.45, 7) is 2.22. The van der Waals surface area contributed by atoms with Crippen molar-refractivity contribution in [3.8, 4) is 5.88 Å². The van der Waals surface area contributed by atoms with Crippen molar-refractivity contribution in [2.75, 3.05) is 7.11 Å². The van der Waals surface area contributed by atoms with Crippen molar-refractivity contribution in [1.82, 2.24) is 10.3 Å². The third-order valence-electron chi connectivity index (χ3n) is 4.25. The van der Waals surface area contributed by atoms with E-state index < -0.39 is 0 Å². The number of hydrogen-bond donors (Lipinski definition) is 1. The lowest BCUT2D eigenvalue weighted by Gasteiger charge is -2.20. The number of ether oxygens (including phenoxy) is 1. The van der Waals surface area contributed by atoms with Gasteiger partial charge in [0.25, 0.3) is 5.91 Å². The Labute approximate surface area is 130 Å². The second-order valence-electron chi connectivity index (χ2n) is 5.80. The molecule has 1 amide bonds. The van der Waals surface area contributed by atoms with Crippen molar-refractivity contribution in [1.29, 1.82) is 0 Å². The number of carbonyl (C=O) groups excluding carboxylic acids is 1. The molecule has 3 atom stereocenters. The summed E-state index contributed by atoms with van der Waals surface area (Å²) >= 11 is 0. The average Bonchev–Trinajstić information content (AvgIpc) is 3.29. The minimum Gasteiger partial charge on any atom is -0.480 e. The van der Waals surface area contributed by atoms with Gasteiger partial charge in [-0.3, -0.25) is 4.79 Å². The van der Waals surface area contributed by atoms with Crippen LogP contribution >= 0.6 is 0 Å². The molecule has 22 heavy (non-hydrogen) atoms. The second kappa shape index (κ2) is 6.18. The molecule has 0 aliphatic heterocycles. The lowest BCUT2D eigenvalue weighted by atomic mass is 10.0. The number of nitrogens with one attached hydrogen (secondary N) is 1. The van der Waals surface area contributed by atoms with Crippen LogP contribution in [0.3, 0.4) is 0 Å². The van der Waals surface area contributed by atoms with Crippen LogP contribution in [0, 0.1) is 11.8 Å². The Hall–Kier alpha value is -2.36. The van der Waals surface area contributed by atoms with Gasteiger partial charge in [-0.2, -0.15) is 0 Å². The van der Waals surface area contributed by atoms with Crippen LogP contribution in [0.4, 0.5) is 0 Å². The number of nitrogens with zero attached hydrogens (tertiary/aromatic N) is 1. The highest BCUT2D eigenvalue weighted by Gasteiger charge is 2.41. The average molecular weight is 296 g/mol. The molecule has 1 fully saturated rings. The maximum Gasteiger partial charge on any atom is 0.257 e. The van der Waals surface area contributed by atoms with Gasteiger partial charge in [0.2, 0.25) is 5.88 Å². The zero-order valence-electron chi connectivity index (χ0n) is 12.8. The molecule has 1 aliphatic rings. The van der Waals surface area contributed by atoms with Gasteiger partial charge in [-0.25, -0.2) is 4.98 Å². The van der Waals surface area contributed by atoms with E-state index in [1.807, 2.05) is 18.2 Å². The van der Waals surface area contributed by atoms with Crippen LogP contribution in [-0.2, 0) is 0 Å². The summed E-state index contributed by atoms with van der Waals surface area (Å²) in [5.74, 6) is 1.35. The summed E-state index contributed by atoms with van der Waals surface area (Å²) in [6.07, 6.45) is 2.76. The van der Waals surface area contributed by atoms with E-state index in [0.717, 1.165) is 12.0 Å². The van der Waals surface area contributed by atoms with Crippen molar-refractivity contribution >= 4 is 5.91 Å². The molecule has 1 heterocycles. The molecule has 1 saturated carbocycles. The molecule has 0 radical (unpaired) electrons. The smallest absolute Gasteiger partial charge is 0.257 e. The van der Waals surface area contributed by atoms with E-state index in [0.29, 0.717) is 23.3 Å². The van der Waals surface area contributed by atoms with Crippen LogP contribution in [-0.4, -0.2) is 18.0 Å². The first kappa shape index (κ1) is 14.6. The molecule has 1 N–H and O–H groups in total. The maximum absolute atomic E-state index is 12.6. The van der Waals surface area contributed by atoms with Gasteiger partial charge in [0.1, 0.15) is 5.56 Å². The van der Waals surface area contributed by atoms with E-state index in [9.17, 15) is 4.79 Å². The van der Waals surface area contributed by atoms with E-state index in [1.165, 1.54) is 7.11 Å². The lowest BCUT2D eigenvalue weighted by Crippen LogP contribution is -2.30. The third-order valence-corrected chi connectivity index (χ3v) is 4.25. The van der Waals surface area contributed by atoms with E-state index in [2.05, 4.69) is 29.4 Å². The molecule has 3 unspecified atom stereocenters. The fourth-order valence-electron chi connectivity index (χ4n) is 2.86. The molecule has 4 nitrogen and oxygen atoms in total. The quantitative estimate of drug-likeness (QED) is 0.921. The first-order chi connectivity index (χ1) is 10.7. The summed E-state index contributed by atoms with van der Waals surface area (Å²) in [7, 11) is 1.52. The Morgan fingerprint density at radius 2 is 2.00 bits per heavy atom. The SMILES string of the molecule is COc1ncccc1C(=O)NC(c1ccccc1)C1CC1C. The summed E-state index contributed by atoms with van der Waals surface area (Å²) in [5, 5.41) is 3.16. The van der Waals surface area contributed by atoms with Crippen LogP contribution in [0.1, 0.15) is 35.3 Å². The first-order valence-corrected chi connectivity index (χ1v) is 7.55. The standard InChI is InChI=1S/C18H20N2O2/c1-12-11-15(12)16(13-7-4-3-5-8-13)20-17(21)14-9-6-10-19-18(14)22-2/h3-10,12,15-16H,11H2,1-2H3,(H,20,21). The van der Waals surface area contributed by atoms with E-state index in [1.54, 1.807) is 18.3 Å². The topological polar surface area (TPSA) is 51.2 Å². The molecule has 0 saturated heterocycles. The number of methoxy groups -OCH3 is 1. The minimum atomic E-state index is -0.141. The second-order valence-corrected chi connectivity index (χ2v) is 5.80. The van der Waals surface area contributed by atoms with Crippen LogP contribution in [0.15, 0.2) is 48.7 Å². The van der Waals surface area contributed by atoms with Crippen LogP contribution in [0.5, 0.6) is 5.88 Å². The predicted octanol–water partition coefficient (Wildman–Crippen LogP) is 3.22. The highest BCUT2D eigenvalue weighted by atomic mass is 16.5. The van der Waals surface area contributed by atoms with Crippen LogP contribution < -0.4 is 10.1 Å². The van der Waals surface area contributed by atoms with Gasteiger partial charge in [-0.15, -0.1) is 0 Å². The number of pyridine rings is 1. The van der Waals surface area contributed by atoms with Gasteiger partial charge in [0.15, 0.2) is 0 Å². The van der Waals surface area contributed by atoms with Crippen molar-refractivity contribution < 1.29 is 9.53 Å². The molecule has 0 bridgehead atoms. The number of carbonyl (C=O) groups is 1. The van der Waals surface area contributed by atoms with Crippen LogP contribution in [0.2, 0.25) is 0 Å². The van der Waals surface area contributed by atoms with Crippen molar-refractivity contribution in [2.45, 2.75) is 19.4 Å². The summed E-state index contributed by atoms with van der Waals surface area (Å²) in [4.78, 5) is 16.7. The molecular weight excluding hydrogens is 276 g/mol. The molecule has 1 aromatic heterocycles. The van der Waals surface area contributed by atoms with Gasteiger partial charge >= 0.3 is 0 Å². The zero-order valence-corrected chi connectivity index (χ0v) is 12.8. The predicted molar refractivity (Wildman–Crippen MR) is 84.7 cm³/mol. The Kier molecular flexibility index (Phi) is 4.09. The fraction of sp³-hybridized carbons (Fsp3) is 0.333. The summed E-state index contributed by atoms with van der Waals surface area (Å²) < 4.78 is 5.18. The summed E-state index contributed by atoms with van der Waals surface area (Å²) in [6, 6.07) is 13.6. The highest BCUT2D eigenvalue weighted by molar-refractivity contribution is 5.96. The Morgan fingerprint density at radius 3 is 2.64 bits per heavy atom.